The molecule has 0 aliphatic carbocycles. The Hall–Kier alpha value is 0.250. The number of halogens is 1. The molecule has 0 fully saturated rings. The summed E-state index contributed by atoms with van der Waals surface area (Å²) in [6.07, 6.45) is 3.35. The van der Waals surface area contributed by atoms with Crippen LogP contribution in [0.1, 0.15) is 33.1 Å². The van der Waals surface area contributed by atoms with E-state index < -0.39 is 0 Å². The lowest BCUT2D eigenvalue weighted by molar-refractivity contribution is 0.275. The quantitative estimate of drug-likeness (QED) is 0.619. The van der Waals surface area contributed by atoms with Crippen LogP contribution in [0.25, 0.3) is 0 Å². The highest BCUT2D eigenvalue weighted by atomic mass is 35.5. The van der Waals surface area contributed by atoms with Crippen LogP contribution in [0.4, 0.5) is 0 Å². The van der Waals surface area contributed by atoms with Gasteiger partial charge in [0.1, 0.15) is 0 Å². The van der Waals surface area contributed by atoms with E-state index >= 15 is 0 Å². The van der Waals surface area contributed by atoms with Crippen molar-refractivity contribution in [3.63, 3.8) is 0 Å². The third-order valence-corrected chi connectivity index (χ3v) is 1.95. The van der Waals surface area contributed by atoms with Crippen LogP contribution in [0.3, 0.4) is 0 Å². The van der Waals surface area contributed by atoms with Gasteiger partial charge in [-0.05, 0) is 12.3 Å². The second-order valence-electron chi connectivity index (χ2n) is 2.91. The van der Waals surface area contributed by atoms with Crippen LogP contribution in [0, 0.1) is 5.92 Å². The Balaban J connectivity index is 3.27. The predicted octanol–water partition coefficient (Wildman–Crippen LogP) is 2.41. The average molecular weight is 165 g/mol. The molecule has 0 heterocycles. The van der Waals surface area contributed by atoms with Crippen LogP contribution < -0.4 is 0 Å². The first-order valence-corrected chi connectivity index (χ1v) is 4.39. The van der Waals surface area contributed by atoms with Gasteiger partial charge in [-0.25, -0.2) is 0 Å². The van der Waals surface area contributed by atoms with E-state index in [-0.39, 0.29) is 12.0 Å². The molecule has 0 aromatic heterocycles. The Morgan fingerprint density at radius 2 is 2.10 bits per heavy atom. The van der Waals surface area contributed by atoms with E-state index in [1.165, 1.54) is 12.8 Å². The minimum absolute atomic E-state index is 0.0402. The summed E-state index contributed by atoms with van der Waals surface area (Å²) < 4.78 is 0. The molecule has 62 valence electrons. The molecule has 0 saturated heterocycles. The Kier molecular flexibility index (Phi) is 6.14. The summed E-state index contributed by atoms with van der Waals surface area (Å²) in [5.74, 6) is 0.652. The molecule has 1 nitrogen and oxygen atoms in total. The number of hydrogen-bond acceptors (Lipinski definition) is 1. The largest absolute Gasteiger partial charge is 0.395 e. The van der Waals surface area contributed by atoms with E-state index in [1.807, 2.05) is 0 Å². The van der Waals surface area contributed by atoms with Crippen molar-refractivity contribution in [3.05, 3.63) is 0 Å². The highest BCUT2D eigenvalue weighted by Crippen LogP contribution is 2.15. The van der Waals surface area contributed by atoms with Gasteiger partial charge >= 0.3 is 0 Å². The lowest BCUT2D eigenvalue weighted by Crippen LogP contribution is -2.09. The molecule has 0 saturated carbocycles. The first kappa shape index (κ1) is 10.2. The normalized spacial score (nSPS) is 16.8. The van der Waals surface area contributed by atoms with Gasteiger partial charge in [0.25, 0.3) is 0 Å². The molecular formula is C8H17ClO. The van der Waals surface area contributed by atoms with E-state index in [0.717, 1.165) is 6.42 Å². The summed E-state index contributed by atoms with van der Waals surface area (Å²) in [5.41, 5.74) is 0. The second-order valence-corrected chi connectivity index (χ2v) is 3.53. The van der Waals surface area contributed by atoms with Crippen LogP contribution >= 0.6 is 11.6 Å². The number of aliphatic hydroxyl groups excluding tert-OH is 1. The van der Waals surface area contributed by atoms with E-state index in [9.17, 15) is 0 Å². The Labute approximate surface area is 68.4 Å². The Morgan fingerprint density at radius 1 is 1.50 bits per heavy atom. The first-order valence-electron chi connectivity index (χ1n) is 3.95. The van der Waals surface area contributed by atoms with Crippen molar-refractivity contribution in [3.8, 4) is 0 Å². The van der Waals surface area contributed by atoms with Gasteiger partial charge in [0.2, 0.25) is 0 Å². The van der Waals surface area contributed by atoms with Gasteiger partial charge in [0.15, 0.2) is 0 Å². The molecule has 2 heteroatoms. The first-order chi connectivity index (χ1) is 4.70. The minimum atomic E-state index is -0.0402. The molecule has 0 amide bonds. The van der Waals surface area contributed by atoms with Gasteiger partial charge in [0, 0.05) is 0 Å². The summed E-state index contributed by atoms with van der Waals surface area (Å²) in [6.45, 7) is 4.45. The SMILES string of the molecule is CCCC(C)CC(Cl)CO. The number of aliphatic hydroxyl groups is 1. The van der Waals surface area contributed by atoms with E-state index in [0.29, 0.717) is 5.92 Å². The second kappa shape index (κ2) is 5.99. The van der Waals surface area contributed by atoms with Crippen LogP contribution in [0.15, 0.2) is 0 Å². The van der Waals surface area contributed by atoms with Crippen LogP contribution in [-0.2, 0) is 0 Å². The predicted molar refractivity (Wildman–Crippen MR) is 45.4 cm³/mol. The molecule has 0 aliphatic heterocycles. The van der Waals surface area contributed by atoms with Gasteiger partial charge in [-0.15, -0.1) is 11.6 Å². The molecule has 0 rings (SSSR count). The molecule has 0 aromatic rings. The maximum atomic E-state index is 8.62. The summed E-state index contributed by atoms with van der Waals surface area (Å²) in [4.78, 5) is 0. The maximum absolute atomic E-state index is 8.62. The number of rotatable bonds is 5. The lowest BCUT2D eigenvalue weighted by Gasteiger charge is -2.12. The zero-order valence-corrected chi connectivity index (χ0v) is 7.56. The molecule has 0 spiro atoms. The summed E-state index contributed by atoms with van der Waals surface area (Å²) in [7, 11) is 0. The van der Waals surface area contributed by atoms with Crippen molar-refractivity contribution in [2.45, 2.75) is 38.5 Å². The number of hydrogen-bond donors (Lipinski definition) is 1. The van der Waals surface area contributed by atoms with Crippen LogP contribution in [-0.4, -0.2) is 17.1 Å². The zero-order valence-electron chi connectivity index (χ0n) is 6.81. The van der Waals surface area contributed by atoms with Crippen molar-refractivity contribution >= 4 is 11.6 Å². The summed E-state index contributed by atoms with van der Waals surface area (Å²) >= 11 is 5.75. The van der Waals surface area contributed by atoms with E-state index in [4.69, 9.17) is 16.7 Å². The Bertz CT molecular complexity index is 75.7. The average Bonchev–Trinajstić information content (AvgIpc) is 1.88. The van der Waals surface area contributed by atoms with Gasteiger partial charge < -0.3 is 5.11 Å². The van der Waals surface area contributed by atoms with Crippen molar-refractivity contribution in [2.24, 2.45) is 5.92 Å². The molecule has 0 radical (unpaired) electrons. The third-order valence-electron chi connectivity index (χ3n) is 1.64. The van der Waals surface area contributed by atoms with Gasteiger partial charge in [-0.2, -0.15) is 0 Å². The van der Waals surface area contributed by atoms with Crippen molar-refractivity contribution in [1.29, 1.82) is 0 Å². The summed E-state index contributed by atoms with van der Waals surface area (Å²) in [6, 6.07) is 0. The number of alkyl halides is 1. The molecule has 2 unspecified atom stereocenters. The van der Waals surface area contributed by atoms with Crippen molar-refractivity contribution < 1.29 is 5.11 Å². The molecule has 10 heavy (non-hydrogen) atoms. The smallest absolute Gasteiger partial charge is 0.0595 e. The van der Waals surface area contributed by atoms with E-state index in [2.05, 4.69) is 13.8 Å². The molecule has 0 aromatic carbocycles. The molecule has 1 N–H and O–H groups in total. The minimum Gasteiger partial charge on any atom is -0.395 e. The molecule has 0 bridgehead atoms. The van der Waals surface area contributed by atoms with Crippen LogP contribution in [0.5, 0.6) is 0 Å². The third kappa shape index (κ3) is 5.07. The fourth-order valence-corrected chi connectivity index (χ4v) is 1.43. The monoisotopic (exact) mass is 164 g/mol. The van der Waals surface area contributed by atoms with Crippen molar-refractivity contribution in [2.75, 3.05) is 6.61 Å². The van der Waals surface area contributed by atoms with E-state index in [1.54, 1.807) is 0 Å². The van der Waals surface area contributed by atoms with Crippen molar-refractivity contribution in [1.82, 2.24) is 0 Å². The van der Waals surface area contributed by atoms with Gasteiger partial charge in [-0.3, -0.25) is 0 Å². The zero-order chi connectivity index (χ0) is 7.98. The molecular weight excluding hydrogens is 148 g/mol. The van der Waals surface area contributed by atoms with Crippen LogP contribution in [0.2, 0.25) is 0 Å². The lowest BCUT2D eigenvalue weighted by atomic mass is 10.0. The fraction of sp³-hybridized carbons (Fsp3) is 1.00. The molecule has 2 atom stereocenters. The standard InChI is InChI=1S/C8H17ClO/c1-3-4-7(2)5-8(9)6-10/h7-8,10H,3-6H2,1-2H3. The highest BCUT2D eigenvalue weighted by molar-refractivity contribution is 6.20. The van der Waals surface area contributed by atoms with Gasteiger partial charge in [0.05, 0.1) is 12.0 Å². The maximum Gasteiger partial charge on any atom is 0.0595 e. The molecule has 0 aliphatic rings. The fourth-order valence-electron chi connectivity index (χ4n) is 1.12. The van der Waals surface area contributed by atoms with Gasteiger partial charge in [-0.1, -0.05) is 26.7 Å². The Morgan fingerprint density at radius 3 is 2.50 bits per heavy atom. The topological polar surface area (TPSA) is 20.2 Å². The highest BCUT2D eigenvalue weighted by Gasteiger charge is 2.07. The summed E-state index contributed by atoms with van der Waals surface area (Å²) in [5, 5.41) is 8.58.